The van der Waals surface area contributed by atoms with Crippen molar-refractivity contribution in [3.05, 3.63) is 71.3 Å². The van der Waals surface area contributed by atoms with Gasteiger partial charge in [-0.15, -0.1) is 11.6 Å². The Balaban J connectivity index is 0.000000878. The maximum atomic E-state index is 7.32. The molecule has 0 radical (unpaired) electrons. The van der Waals surface area contributed by atoms with E-state index < -0.39 is 0 Å². The van der Waals surface area contributed by atoms with E-state index in [0.717, 1.165) is 25.8 Å². The highest BCUT2D eigenvalue weighted by atomic mass is 35.5. The van der Waals surface area contributed by atoms with E-state index in [4.69, 9.17) is 16.9 Å². The lowest BCUT2D eigenvalue weighted by Crippen LogP contribution is -2.34. The molecule has 0 N–H and O–H groups in total. The number of hydrogen-bond donors (Lipinski definition) is 0. The zero-order valence-electron chi connectivity index (χ0n) is 17.4. The van der Waals surface area contributed by atoms with Crippen LogP contribution in [0.1, 0.15) is 56.2 Å². The van der Waals surface area contributed by atoms with Crippen LogP contribution in [0.15, 0.2) is 54.6 Å². The van der Waals surface area contributed by atoms with Crippen LogP contribution in [0.25, 0.3) is 0 Å². The number of aryl methyl sites for hydroxylation is 1. The first-order chi connectivity index (χ1) is 13.5. The van der Waals surface area contributed by atoms with Crippen molar-refractivity contribution in [2.75, 3.05) is 13.1 Å². The molecule has 0 spiro atoms. The highest BCUT2D eigenvalue weighted by Crippen LogP contribution is 2.45. The second kappa shape index (κ2) is 11.9. The molecule has 3 heteroatoms. The van der Waals surface area contributed by atoms with Crippen LogP contribution in [0.4, 0.5) is 0 Å². The van der Waals surface area contributed by atoms with Crippen molar-refractivity contribution >= 4 is 11.6 Å². The van der Waals surface area contributed by atoms with Crippen LogP contribution < -0.4 is 0 Å². The van der Waals surface area contributed by atoms with Gasteiger partial charge in [0.1, 0.15) is 0 Å². The molecule has 2 unspecified atom stereocenters. The van der Waals surface area contributed by atoms with Gasteiger partial charge in [-0.2, -0.15) is 5.26 Å². The van der Waals surface area contributed by atoms with Gasteiger partial charge in [-0.25, -0.2) is 0 Å². The first kappa shape index (κ1) is 22.5. The quantitative estimate of drug-likeness (QED) is 0.472. The molecule has 3 rings (SSSR count). The molecule has 150 valence electrons. The molecule has 1 saturated carbocycles. The van der Waals surface area contributed by atoms with Gasteiger partial charge in [0.2, 0.25) is 0 Å². The zero-order valence-corrected chi connectivity index (χ0v) is 18.2. The SMILES string of the molecule is CC#N.CC(C)N(CCCc1ccc(C2CC2Cl)cc1)CCc1ccccc1. The molecule has 28 heavy (non-hydrogen) atoms. The number of benzene rings is 2. The summed E-state index contributed by atoms with van der Waals surface area (Å²) in [7, 11) is 0. The van der Waals surface area contributed by atoms with Crippen molar-refractivity contribution in [3.8, 4) is 6.07 Å². The first-order valence-electron chi connectivity index (χ1n) is 10.4. The van der Waals surface area contributed by atoms with Gasteiger partial charge in [0, 0.05) is 30.8 Å². The van der Waals surface area contributed by atoms with Gasteiger partial charge in [0.25, 0.3) is 0 Å². The highest BCUT2D eigenvalue weighted by Gasteiger charge is 2.36. The summed E-state index contributed by atoms with van der Waals surface area (Å²) >= 11 is 6.14. The third-order valence-corrected chi connectivity index (χ3v) is 5.77. The lowest BCUT2D eigenvalue weighted by Gasteiger charge is -2.26. The molecule has 2 nitrogen and oxygen atoms in total. The van der Waals surface area contributed by atoms with E-state index in [9.17, 15) is 0 Å². The summed E-state index contributed by atoms with van der Waals surface area (Å²) in [4.78, 5) is 2.60. The number of alkyl halides is 1. The standard InChI is InChI=1S/C23H30ClN.C2H3N/c1-18(2)25(16-14-19-7-4-3-5-8-19)15-6-9-20-10-12-21(13-11-20)22-17-23(22)24;1-2-3/h3-5,7-8,10-13,18,22-23H,6,9,14-17H2,1-2H3;1H3. The molecule has 0 saturated heterocycles. The van der Waals surface area contributed by atoms with E-state index in [1.165, 1.54) is 36.6 Å². The Bertz CT molecular complexity index is 718. The second-order valence-corrected chi connectivity index (χ2v) is 8.35. The Labute approximate surface area is 176 Å². The highest BCUT2D eigenvalue weighted by molar-refractivity contribution is 6.23. The predicted molar refractivity (Wildman–Crippen MR) is 120 cm³/mol. The number of halogens is 1. The summed E-state index contributed by atoms with van der Waals surface area (Å²) in [6.45, 7) is 8.34. The molecule has 0 bridgehead atoms. The number of rotatable bonds is 9. The summed E-state index contributed by atoms with van der Waals surface area (Å²) in [5.41, 5.74) is 4.29. The molecule has 2 aromatic carbocycles. The van der Waals surface area contributed by atoms with Crippen LogP contribution in [0.5, 0.6) is 0 Å². The Hall–Kier alpha value is -1.82. The summed E-state index contributed by atoms with van der Waals surface area (Å²) in [6.07, 6.45) is 4.65. The Morgan fingerprint density at radius 2 is 1.57 bits per heavy atom. The molecule has 1 aliphatic rings. The Morgan fingerprint density at radius 3 is 2.11 bits per heavy atom. The fourth-order valence-electron chi connectivity index (χ4n) is 3.47. The van der Waals surface area contributed by atoms with Crippen molar-refractivity contribution in [1.29, 1.82) is 5.26 Å². The Morgan fingerprint density at radius 1 is 1.00 bits per heavy atom. The van der Waals surface area contributed by atoms with Crippen molar-refractivity contribution in [2.45, 2.75) is 63.8 Å². The number of nitrogens with zero attached hydrogens (tertiary/aromatic N) is 2. The van der Waals surface area contributed by atoms with Crippen LogP contribution >= 0.6 is 11.6 Å². The molecular formula is C25H33ClN2. The minimum atomic E-state index is 0.370. The molecule has 2 atom stereocenters. The summed E-state index contributed by atoms with van der Waals surface area (Å²) < 4.78 is 0. The van der Waals surface area contributed by atoms with Crippen LogP contribution in [0, 0.1) is 11.3 Å². The molecule has 1 aliphatic carbocycles. The lowest BCUT2D eigenvalue weighted by atomic mass is 10.0. The number of hydrogen-bond acceptors (Lipinski definition) is 2. The van der Waals surface area contributed by atoms with E-state index in [0.29, 0.717) is 17.3 Å². The van der Waals surface area contributed by atoms with Gasteiger partial charge < -0.3 is 4.90 Å². The summed E-state index contributed by atoms with van der Waals surface area (Å²) in [5, 5.41) is 7.69. The van der Waals surface area contributed by atoms with Gasteiger partial charge in [-0.3, -0.25) is 0 Å². The fraction of sp³-hybridized carbons (Fsp3) is 0.480. The average Bonchev–Trinajstić information content (AvgIpc) is 3.43. The van der Waals surface area contributed by atoms with Crippen molar-refractivity contribution in [1.82, 2.24) is 4.90 Å². The predicted octanol–water partition coefficient (Wildman–Crippen LogP) is 6.20. The van der Waals surface area contributed by atoms with Gasteiger partial charge in [0.05, 0.1) is 6.07 Å². The maximum absolute atomic E-state index is 7.32. The molecule has 0 heterocycles. The lowest BCUT2D eigenvalue weighted by molar-refractivity contribution is 0.222. The van der Waals surface area contributed by atoms with E-state index in [-0.39, 0.29) is 0 Å². The zero-order chi connectivity index (χ0) is 20.4. The molecule has 1 fully saturated rings. The molecule has 0 aromatic heterocycles. The monoisotopic (exact) mass is 396 g/mol. The summed E-state index contributed by atoms with van der Waals surface area (Å²) in [6, 6.07) is 22.3. The van der Waals surface area contributed by atoms with Crippen molar-refractivity contribution < 1.29 is 0 Å². The van der Waals surface area contributed by atoms with Crippen molar-refractivity contribution in [3.63, 3.8) is 0 Å². The minimum absolute atomic E-state index is 0.370. The van der Waals surface area contributed by atoms with Crippen molar-refractivity contribution in [2.24, 2.45) is 0 Å². The van der Waals surface area contributed by atoms with Crippen LogP contribution in [0.2, 0.25) is 0 Å². The maximum Gasteiger partial charge on any atom is 0.0587 e. The first-order valence-corrected chi connectivity index (χ1v) is 10.8. The van der Waals surface area contributed by atoms with E-state index in [1.54, 1.807) is 6.07 Å². The second-order valence-electron chi connectivity index (χ2n) is 7.79. The van der Waals surface area contributed by atoms with E-state index in [1.807, 2.05) is 0 Å². The van der Waals surface area contributed by atoms with Gasteiger partial charge in [-0.05, 0) is 62.8 Å². The van der Waals surface area contributed by atoms with Gasteiger partial charge in [-0.1, -0.05) is 54.6 Å². The van der Waals surface area contributed by atoms with Gasteiger partial charge in [0.15, 0.2) is 0 Å². The largest absolute Gasteiger partial charge is 0.301 e. The normalized spacial score (nSPS) is 17.8. The van der Waals surface area contributed by atoms with E-state index in [2.05, 4.69) is 73.3 Å². The van der Waals surface area contributed by atoms with Gasteiger partial charge >= 0.3 is 0 Å². The minimum Gasteiger partial charge on any atom is -0.301 e. The van der Waals surface area contributed by atoms with Crippen LogP contribution in [-0.4, -0.2) is 29.4 Å². The number of nitriles is 1. The summed E-state index contributed by atoms with van der Waals surface area (Å²) in [5.74, 6) is 0.602. The smallest absolute Gasteiger partial charge is 0.0587 e. The third-order valence-electron chi connectivity index (χ3n) is 5.29. The topological polar surface area (TPSA) is 27.0 Å². The molecular weight excluding hydrogens is 364 g/mol. The van der Waals surface area contributed by atoms with Crippen LogP contribution in [0.3, 0.4) is 0 Å². The molecule has 2 aromatic rings. The van der Waals surface area contributed by atoms with E-state index >= 15 is 0 Å². The fourth-order valence-corrected chi connectivity index (χ4v) is 3.81. The average molecular weight is 397 g/mol. The third kappa shape index (κ3) is 7.66. The Kier molecular flexibility index (Phi) is 9.55. The molecule has 0 aliphatic heterocycles. The van der Waals surface area contributed by atoms with Crippen LogP contribution in [-0.2, 0) is 12.8 Å². The molecule has 0 amide bonds.